The van der Waals surface area contributed by atoms with Crippen LogP contribution in [0.1, 0.15) is 32.5 Å². The summed E-state index contributed by atoms with van der Waals surface area (Å²) in [7, 11) is -3.01. The van der Waals surface area contributed by atoms with Gasteiger partial charge in [-0.3, -0.25) is 4.68 Å². The molecule has 0 amide bonds. The molecule has 0 unspecified atom stereocenters. The van der Waals surface area contributed by atoms with Crippen LogP contribution in [0.5, 0.6) is 0 Å². The average molecular weight is 272 g/mol. The van der Waals surface area contributed by atoms with Crippen molar-refractivity contribution in [2.75, 3.05) is 5.75 Å². The van der Waals surface area contributed by atoms with Crippen molar-refractivity contribution < 1.29 is 8.42 Å². The summed E-state index contributed by atoms with van der Waals surface area (Å²) in [6.45, 7) is 4.43. The van der Waals surface area contributed by atoms with Crippen LogP contribution in [-0.4, -0.2) is 40.2 Å². The first-order valence-electron chi connectivity index (χ1n) is 6.30. The predicted octanol–water partition coefficient (Wildman–Crippen LogP) is 0.353. The summed E-state index contributed by atoms with van der Waals surface area (Å²) >= 11 is 0. The van der Waals surface area contributed by atoms with Gasteiger partial charge in [0, 0.05) is 6.04 Å². The van der Waals surface area contributed by atoms with Gasteiger partial charge >= 0.3 is 0 Å². The van der Waals surface area contributed by atoms with Gasteiger partial charge < -0.3 is 5.32 Å². The van der Waals surface area contributed by atoms with Crippen LogP contribution in [0.3, 0.4) is 0 Å². The van der Waals surface area contributed by atoms with Gasteiger partial charge in [-0.2, -0.15) is 5.10 Å². The van der Waals surface area contributed by atoms with E-state index < -0.39 is 9.84 Å². The highest BCUT2D eigenvalue weighted by Crippen LogP contribution is 2.18. The van der Waals surface area contributed by atoms with E-state index in [1.165, 1.54) is 12.8 Å². The highest BCUT2D eigenvalue weighted by Gasteiger charge is 2.21. The summed E-state index contributed by atoms with van der Waals surface area (Å²) < 4.78 is 24.9. The Morgan fingerprint density at radius 1 is 1.50 bits per heavy atom. The molecule has 1 aromatic heterocycles. The Balaban J connectivity index is 1.82. The first-order chi connectivity index (χ1) is 8.47. The Morgan fingerprint density at radius 2 is 2.22 bits per heavy atom. The molecule has 1 aliphatic carbocycles. The third-order valence-corrected chi connectivity index (χ3v) is 5.22. The summed E-state index contributed by atoms with van der Waals surface area (Å²) in [4.78, 5) is 4.16. The van der Waals surface area contributed by atoms with Crippen LogP contribution in [0, 0.1) is 0 Å². The Labute approximate surface area is 108 Å². The maximum atomic E-state index is 11.7. The molecule has 102 valence electrons. The van der Waals surface area contributed by atoms with Crippen molar-refractivity contribution in [2.45, 2.75) is 51.1 Å². The van der Waals surface area contributed by atoms with Gasteiger partial charge in [0.05, 0.1) is 24.1 Å². The quantitative estimate of drug-likeness (QED) is 0.775. The van der Waals surface area contributed by atoms with Crippen molar-refractivity contribution >= 4 is 9.84 Å². The van der Waals surface area contributed by atoms with Crippen LogP contribution in [0.15, 0.2) is 6.33 Å². The third-order valence-electron chi connectivity index (χ3n) is 3.03. The molecule has 6 nitrogen and oxygen atoms in total. The molecule has 1 aromatic rings. The van der Waals surface area contributed by atoms with Crippen molar-refractivity contribution in [3.8, 4) is 0 Å². The largest absolute Gasteiger partial charge is 0.307 e. The molecule has 18 heavy (non-hydrogen) atoms. The van der Waals surface area contributed by atoms with Crippen LogP contribution in [0.2, 0.25) is 0 Å². The SMILES string of the molecule is CC(C)S(=O)(=O)CCn1cnc(CNC2CC2)n1. The molecule has 2 rings (SSSR count). The Morgan fingerprint density at radius 3 is 2.83 bits per heavy atom. The van der Waals surface area contributed by atoms with Gasteiger partial charge in [-0.25, -0.2) is 13.4 Å². The second-order valence-corrected chi connectivity index (χ2v) is 7.67. The second kappa shape index (κ2) is 5.36. The van der Waals surface area contributed by atoms with Gasteiger partial charge in [0.1, 0.15) is 6.33 Å². The van der Waals surface area contributed by atoms with E-state index in [-0.39, 0.29) is 11.0 Å². The molecular formula is C11H20N4O2S. The molecular weight excluding hydrogens is 252 g/mol. The van der Waals surface area contributed by atoms with E-state index in [9.17, 15) is 8.42 Å². The first kappa shape index (κ1) is 13.5. The summed E-state index contributed by atoms with van der Waals surface area (Å²) in [6.07, 6.45) is 4.06. The fourth-order valence-electron chi connectivity index (χ4n) is 1.50. The number of aryl methyl sites for hydroxylation is 1. The van der Waals surface area contributed by atoms with Gasteiger partial charge in [-0.15, -0.1) is 0 Å². The van der Waals surface area contributed by atoms with Crippen molar-refractivity contribution in [2.24, 2.45) is 0 Å². The topological polar surface area (TPSA) is 76.9 Å². The van der Waals surface area contributed by atoms with E-state index in [0.717, 1.165) is 5.82 Å². The number of aromatic nitrogens is 3. The van der Waals surface area contributed by atoms with Crippen molar-refractivity contribution in [1.29, 1.82) is 0 Å². The lowest BCUT2D eigenvalue weighted by Crippen LogP contribution is -2.21. The molecule has 1 saturated carbocycles. The zero-order chi connectivity index (χ0) is 13.2. The highest BCUT2D eigenvalue weighted by atomic mass is 32.2. The lowest BCUT2D eigenvalue weighted by molar-refractivity contribution is 0.569. The lowest BCUT2D eigenvalue weighted by atomic mass is 10.5. The van der Waals surface area contributed by atoms with E-state index in [4.69, 9.17) is 0 Å². The molecule has 0 radical (unpaired) electrons. The number of nitrogens with one attached hydrogen (secondary N) is 1. The summed E-state index contributed by atoms with van der Waals surface area (Å²) in [5.41, 5.74) is 0. The minimum absolute atomic E-state index is 0.115. The highest BCUT2D eigenvalue weighted by molar-refractivity contribution is 7.91. The van der Waals surface area contributed by atoms with Crippen molar-refractivity contribution in [3.05, 3.63) is 12.2 Å². The van der Waals surface area contributed by atoms with E-state index in [1.54, 1.807) is 24.9 Å². The van der Waals surface area contributed by atoms with Gasteiger partial charge in [0.25, 0.3) is 0 Å². The molecule has 0 saturated heterocycles. The number of hydrogen-bond donors (Lipinski definition) is 1. The van der Waals surface area contributed by atoms with Crippen molar-refractivity contribution in [3.63, 3.8) is 0 Å². The standard InChI is InChI=1S/C11H20N4O2S/c1-9(2)18(16,17)6-5-15-8-13-11(14-15)7-12-10-3-4-10/h8-10,12H,3-7H2,1-2H3. The molecule has 1 heterocycles. The number of hydrogen-bond acceptors (Lipinski definition) is 5. The lowest BCUT2D eigenvalue weighted by Gasteiger charge is -2.06. The zero-order valence-corrected chi connectivity index (χ0v) is 11.7. The third kappa shape index (κ3) is 3.78. The average Bonchev–Trinajstić information content (AvgIpc) is 3.03. The maximum absolute atomic E-state index is 11.7. The molecule has 7 heteroatoms. The number of sulfone groups is 1. The van der Waals surface area contributed by atoms with E-state index >= 15 is 0 Å². The van der Waals surface area contributed by atoms with Crippen LogP contribution < -0.4 is 5.32 Å². The monoisotopic (exact) mass is 272 g/mol. The van der Waals surface area contributed by atoms with E-state index in [1.807, 2.05) is 0 Å². The predicted molar refractivity (Wildman–Crippen MR) is 68.8 cm³/mol. The smallest absolute Gasteiger partial charge is 0.164 e. The molecule has 1 N–H and O–H groups in total. The second-order valence-electron chi connectivity index (χ2n) is 4.99. The van der Waals surface area contributed by atoms with Crippen LogP contribution in [0.4, 0.5) is 0 Å². The molecule has 0 bridgehead atoms. The fraction of sp³-hybridized carbons (Fsp3) is 0.818. The summed E-state index contributed by atoms with van der Waals surface area (Å²) in [5.74, 6) is 0.840. The molecule has 1 aliphatic rings. The number of nitrogens with zero attached hydrogens (tertiary/aromatic N) is 3. The number of rotatable bonds is 7. The van der Waals surface area contributed by atoms with Crippen LogP contribution >= 0.6 is 0 Å². The minimum atomic E-state index is -3.01. The maximum Gasteiger partial charge on any atom is 0.164 e. The Hall–Kier alpha value is -0.950. The van der Waals surface area contributed by atoms with Gasteiger partial charge in [-0.1, -0.05) is 0 Å². The molecule has 0 atom stereocenters. The molecule has 0 aromatic carbocycles. The summed E-state index contributed by atoms with van der Waals surface area (Å²) in [6, 6.07) is 0.623. The molecule has 1 fully saturated rings. The van der Waals surface area contributed by atoms with E-state index in [2.05, 4.69) is 15.4 Å². The fourth-order valence-corrected chi connectivity index (χ4v) is 2.41. The first-order valence-corrected chi connectivity index (χ1v) is 8.02. The normalized spacial score (nSPS) is 16.4. The van der Waals surface area contributed by atoms with Crippen molar-refractivity contribution in [1.82, 2.24) is 20.1 Å². The molecule has 0 spiro atoms. The van der Waals surface area contributed by atoms with Crippen LogP contribution in [-0.2, 0) is 22.9 Å². The van der Waals surface area contributed by atoms with Gasteiger partial charge in [0.2, 0.25) is 0 Å². The van der Waals surface area contributed by atoms with Crippen LogP contribution in [0.25, 0.3) is 0 Å². The Kier molecular flexibility index (Phi) is 4.01. The van der Waals surface area contributed by atoms with E-state index in [0.29, 0.717) is 19.1 Å². The van der Waals surface area contributed by atoms with Gasteiger partial charge in [0.15, 0.2) is 15.7 Å². The summed E-state index contributed by atoms with van der Waals surface area (Å²) in [5, 5.41) is 7.24. The molecule has 0 aliphatic heterocycles. The zero-order valence-electron chi connectivity index (χ0n) is 10.8. The van der Waals surface area contributed by atoms with Gasteiger partial charge in [-0.05, 0) is 26.7 Å². The Bertz CT molecular complexity index is 491. The minimum Gasteiger partial charge on any atom is -0.307 e.